The van der Waals surface area contributed by atoms with Gasteiger partial charge in [0.2, 0.25) is 0 Å². The number of hydrogen-bond acceptors (Lipinski definition) is 0. The van der Waals surface area contributed by atoms with Crippen LogP contribution in [0.1, 0.15) is 19.4 Å². The summed E-state index contributed by atoms with van der Waals surface area (Å²) in [6, 6.07) is 16.0. The van der Waals surface area contributed by atoms with Crippen molar-refractivity contribution in [3.63, 3.8) is 0 Å². The quantitative estimate of drug-likeness (QED) is 0.620. The molecule has 1 heteroatoms. The van der Waals surface area contributed by atoms with Gasteiger partial charge in [-0.15, -0.1) is 0 Å². The maximum Gasteiger partial charge on any atom is 0.0447 e. The zero-order valence-corrected chi connectivity index (χ0v) is 9.11. The molecule has 12 heavy (non-hydrogen) atoms. The predicted molar refractivity (Wildman–Crippen MR) is 58.0 cm³/mol. The second-order valence-electron chi connectivity index (χ2n) is 3.15. The summed E-state index contributed by atoms with van der Waals surface area (Å²) in [6.07, 6.45) is 0. The standard InChI is InChI=1S/C11H17Si/c1-3-12(4-2)10-11-8-6-5-7-9-11/h5-10,12H,3-4H2,1-2H3. The molecule has 0 saturated heterocycles. The molecule has 0 spiro atoms. The Labute approximate surface area is 77.2 Å². The first kappa shape index (κ1) is 9.52. The highest BCUT2D eigenvalue weighted by Crippen LogP contribution is 2.10. The van der Waals surface area contributed by atoms with E-state index in [1.807, 2.05) is 0 Å². The Morgan fingerprint density at radius 3 is 2.17 bits per heavy atom. The summed E-state index contributed by atoms with van der Waals surface area (Å²) in [4.78, 5) is 0. The van der Waals surface area contributed by atoms with Crippen LogP contribution in [0.2, 0.25) is 12.1 Å². The largest absolute Gasteiger partial charge is 0.0680 e. The molecule has 0 saturated carbocycles. The molecule has 0 aliphatic heterocycles. The fraction of sp³-hybridized carbons (Fsp3) is 0.364. The van der Waals surface area contributed by atoms with E-state index >= 15 is 0 Å². The van der Waals surface area contributed by atoms with E-state index in [1.54, 1.807) is 0 Å². The topological polar surface area (TPSA) is 0 Å². The van der Waals surface area contributed by atoms with Crippen LogP contribution in [0.3, 0.4) is 0 Å². The Bertz CT molecular complexity index is 202. The van der Waals surface area contributed by atoms with Crippen LogP contribution in [0.25, 0.3) is 0 Å². The molecule has 0 fully saturated rings. The molecule has 0 N–H and O–H groups in total. The van der Waals surface area contributed by atoms with Crippen molar-refractivity contribution in [2.24, 2.45) is 0 Å². The van der Waals surface area contributed by atoms with Gasteiger partial charge in [0.25, 0.3) is 0 Å². The lowest BCUT2D eigenvalue weighted by Gasteiger charge is -2.09. The van der Waals surface area contributed by atoms with Crippen molar-refractivity contribution >= 4 is 8.80 Å². The minimum absolute atomic E-state index is 0.544. The van der Waals surface area contributed by atoms with E-state index in [-0.39, 0.29) is 0 Å². The van der Waals surface area contributed by atoms with Gasteiger partial charge in [0.1, 0.15) is 0 Å². The Balaban J connectivity index is 2.51. The van der Waals surface area contributed by atoms with Crippen LogP contribution in [-0.4, -0.2) is 8.80 Å². The number of rotatable bonds is 4. The zero-order chi connectivity index (χ0) is 8.81. The lowest BCUT2D eigenvalue weighted by atomic mass is 10.2. The van der Waals surface area contributed by atoms with E-state index in [9.17, 15) is 0 Å². The number of hydrogen-bond donors (Lipinski definition) is 0. The third-order valence-corrected chi connectivity index (χ3v) is 5.23. The van der Waals surface area contributed by atoms with Gasteiger partial charge in [0.15, 0.2) is 0 Å². The lowest BCUT2D eigenvalue weighted by Crippen LogP contribution is -2.10. The molecule has 0 unspecified atom stereocenters. The monoisotopic (exact) mass is 177 g/mol. The van der Waals surface area contributed by atoms with Crippen molar-refractivity contribution in [1.82, 2.24) is 0 Å². The first-order valence-electron chi connectivity index (χ1n) is 4.76. The predicted octanol–water partition coefficient (Wildman–Crippen LogP) is 3.05. The van der Waals surface area contributed by atoms with Crippen LogP contribution < -0.4 is 0 Å². The highest BCUT2D eigenvalue weighted by molar-refractivity contribution is 6.63. The average molecular weight is 177 g/mol. The van der Waals surface area contributed by atoms with Crippen molar-refractivity contribution in [3.05, 3.63) is 41.9 Å². The van der Waals surface area contributed by atoms with Crippen LogP contribution >= 0.6 is 0 Å². The van der Waals surface area contributed by atoms with Crippen LogP contribution in [0.4, 0.5) is 0 Å². The van der Waals surface area contributed by atoms with Crippen molar-refractivity contribution in [2.45, 2.75) is 25.9 Å². The summed E-state index contributed by atoms with van der Waals surface area (Å²) < 4.78 is 0. The molecule has 1 aromatic carbocycles. The van der Waals surface area contributed by atoms with Crippen molar-refractivity contribution < 1.29 is 0 Å². The summed E-state index contributed by atoms with van der Waals surface area (Å²) in [6.45, 7) is 4.61. The van der Waals surface area contributed by atoms with Crippen molar-refractivity contribution in [1.29, 1.82) is 0 Å². The second kappa shape index (κ2) is 5.15. The van der Waals surface area contributed by atoms with Crippen LogP contribution in [0, 0.1) is 6.04 Å². The van der Waals surface area contributed by atoms with Crippen molar-refractivity contribution in [2.75, 3.05) is 0 Å². The molecule has 1 radical (unpaired) electrons. The molecular weight excluding hydrogens is 160 g/mol. The summed E-state index contributed by atoms with van der Waals surface area (Å²) in [5.74, 6) is 0. The van der Waals surface area contributed by atoms with Crippen LogP contribution in [-0.2, 0) is 0 Å². The van der Waals surface area contributed by atoms with E-state index in [1.165, 1.54) is 17.7 Å². The molecule has 0 atom stereocenters. The van der Waals surface area contributed by atoms with Crippen LogP contribution in [0.5, 0.6) is 0 Å². The maximum atomic E-state index is 2.50. The van der Waals surface area contributed by atoms with Gasteiger partial charge in [0, 0.05) is 8.80 Å². The summed E-state index contributed by atoms with van der Waals surface area (Å²) in [5, 5.41) is 0. The SMILES string of the molecule is CC[SiH]([CH]c1ccccc1)CC. The van der Waals surface area contributed by atoms with Gasteiger partial charge in [-0.2, -0.15) is 0 Å². The highest BCUT2D eigenvalue weighted by Gasteiger charge is 2.05. The molecule has 1 aromatic rings. The molecule has 0 heterocycles. The van der Waals surface area contributed by atoms with Gasteiger partial charge in [-0.25, -0.2) is 0 Å². The third-order valence-electron chi connectivity index (χ3n) is 2.28. The lowest BCUT2D eigenvalue weighted by molar-refractivity contribution is 1.31. The van der Waals surface area contributed by atoms with Crippen molar-refractivity contribution in [3.8, 4) is 0 Å². The smallest absolute Gasteiger partial charge is 0.0447 e. The molecule has 0 bridgehead atoms. The van der Waals surface area contributed by atoms with Gasteiger partial charge < -0.3 is 0 Å². The van der Waals surface area contributed by atoms with E-state index in [2.05, 4.69) is 50.2 Å². The average Bonchev–Trinajstić information content (AvgIpc) is 2.16. The molecule has 1 rings (SSSR count). The number of benzene rings is 1. The zero-order valence-electron chi connectivity index (χ0n) is 7.96. The molecule has 0 aromatic heterocycles. The first-order valence-corrected chi connectivity index (χ1v) is 7.06. The van der Waals surface area contributed by atoms with E-state index < -0.39 is 8.80 Å². The molecule has 0 aliphatic rings. The van der Waals surface area contributed by atoms with Gasteiger partial charge in [-0.05, 0) is 11.6 Å². The molecule has 0 aliphatic carbocycles. The van der Waals surface area contributed by atoms with Gasteiger partial charge in [0.05, 0.1) is 0 Å². The third kappa shape index (κ3) is 2.82. The Hall–Kier alpha value is -0.563. The normalized spacial score (nSPS) is 10.6. The molecule has 0 nitrogen and oxygen atoms in total. The minimum Gasteiger partial charge on any atom is -0.0680 e. The Morgan fingerprint density at radius 1 is 1.08 bits per heavy atom. The van der Waals surface area contributed by atoms with E-state index in [0.29, 0.717) is 0 Å². The molecular formula is C11H17Si. The highest BCUT2D eigenvalue weighted by atomic mass is 28.3. The van der Waals surface area contributed by atoms with E-state index in [0.717, 1.165) is 0 Å². The van der Waals surface area contributed by atoms with E-state index in [4.69, 9.17) is 0 Å². The summed E-state index contributed by atoms with van der Waals surface area (Å²) in [5.41, 5.74) is 1.41. The Kier molecular flexibility index (Phi) is 4.09. The first-order chi connectivity index (χ1) is 5.86. The van der Waals surface area contributed by atoms with Gasteiger partial charge in [-0.1, -0.05) is 56.3 Å². The van der Waals surface area contributed by atoms with Gasteiger partial charge in [-0.3, -0.25) is 0 Å². The molecule has 0 amide bonds. The maximum absolute atomic E-state index is 2.50. The summed E-state index contributed by atoms with van der Waals surface area (Å²) in [7, 11) is -0.544. The fourth-order valence-electron chi connectivity index (χ4n) is 1.36. The molecule has 65 valence electrons. The summed E-state index contributed by atoms with van der Waals surface area (Å²) >= 11 is 0. The minimum atomic E-state index is -0.544. The van der Waals surface area contributed by atoms with Gasteiger partial charge >= 0.3 is 0 Å². The second-order valence-corrected chi connectivity index (χ2v) is 6.64. The Morgan fingerprint density at radius 2 is 1.67 bits per heavy atom. The fourth-order valence-corrected chi connectivity index (χ4v) is 3.18. The van der Waals surface area contributed by atoms with Crippen LogP contribution in [0.15, 0.2) is 30.3 Å².